The number of unbranched alkanes of at least 4 members (excludes halogenated alkanes) is 3. The van der Waals surface area contributed by atoms with Gasteiger partial charge >= 0.3 is 164 Å². The molecule has 1 aromatic carbocycles. The van der Waals surface area contributed by atoms with E-state index in [0.29, 0.717) is 5.75 Å². The first-order valence-corrected chi connectivity index (χ1v) is 17.5. The Balaban J connectivity index is 2.63. The van der Waals surface area contributed by atoms with Crippen LogP contribution in [-0.2, 0) is 4.74 Å². The molecule has 0 aliphatic rings. The van der Waals surface area contributed by atoms with Gasteiger partial charge in [-0.3, -0.25) is 0 Å². The Morgan fingerprint density at radius 2 is 1.46 bits per heavy atom. The molecule has 0 radical (unpaired) electrons. The van der Waals surface area contributed by atoms with Crippen LogP contribution in [0.5, 0.6) is 5.75 Å². The normalized spacial score (nSPS) is 10.7. The number of benzene rings is 1. The summed E-state index contributed by atoms with van der Waals surface area (Å²) >= 11 is -2.45. The van der Waals surface area contributed by atoms with Gasteiger partial charge in [-0.05, 0) is 0 Å². The van der Waals surface area contributed by atoms with Crippen molar-refractivity contribution in [2.45, 2.75) is 72.6 Å². The topological polar surface area (TPSA) is 35.5 Å². The van der Waals surface area contributed by atoms with E-state index in [-0.39, 0.29) is 6.61 Å². The molecule has 0 fully saturated rings. The molecule has 0 heterocycles. The number of rotatable bonds is 11. The van der Waals surface area contributed by atoms with Crippen molar-refractivity contribution in [1.29, 1.82) is 0 Å². The van der Waals surface area contributed by atoms with Crippen LogP contribution < -0.4 is 4.74 Å². The van der Waals surface area contributed by atoms with Gasteiger partial charge in [-0.1, -0.05) is 0 Å². The van der Waals surface area contributed by atoms with Gasteiger partial charge in [0.1, 0.15) is 0 Å². The van der Waals surface area contributed by atoms with Gasteiger partial charge in [0, 0.05) is 0 Å². The molecule has 0 N–H and O–H groups in total. The van der Waals surface area contributed by atoms with E-state index in [1.807, 2.05) is 18.2 Å². The zero-order valence-corrected chi connectivity index (χ0v) is 19.5. The summed E-state index contributed by atoms with van der Waals surface area (Å²) < 4.78 is 18.0. The van der Waals surface area contributed by atoms with Gasteiger partial charge in [0.25, 0.3) is 0 Å². The third-order valence-electron chi connectivity index (χ3n) is 4.59. The molecule has 0 bridgehead atoms. The molecular weight excluding hydrogens is 431 g/mol. The van der Waals surface area contributed by atoms with Gasteiger partial charge in [-0.15, -0.1) is 0 Å². The molecule has 1 rings (SSSR count). The molecule has 26 heavy (non-hydrogen) atoms. The molecule has 3 nitrogen and oxygen atoms in total. The summed E-state index contributed by atoms with van der Waals surface area (Å²) in [5.41, 5.74) is 0. The molecule has 4 heteroatoms. The number of carbonyl (C=O) groups is 1. The monoisotopic (exact) mass is 466 g/mol. The minimum atomic E-state index is -2.45. The molecule has 0 aliphatic heterocycles. The van der Waals surface area contributed by atoms with Crippen molar-refractivity contribution in [3.05, 3.63) is 30.3 Å². The standard InChI is InChI=1S/C10H7O3.3C4H9.Sn/c1-2-8-12-10(11)13-9-6-4-3-5-7-9;3*1-3-4-2;/h3-7H,8H2;3*1,3-4H2,2H3;. The van der Waals surface area contributed by atoms with E-state index in [1.165, 1.54) is 51.8 Å². The van der Waals surface area contributed by atoms with Crippen LogP contribution in [0.2, 0.25) is 13.3 Å². The molecule has 0 amide bonds. The van der Waals surface area contributed by atoms with Crippen LogP contribution in [0.25, 0.3) is 0 Å². The van der Waals surface area contributed by atoms with Crippen LogP contribution in [0.3, 0.4) is 0 Å². The summed E-state index contributed by atoms with van der Waals surface area (Å²) in [6, 6.07) is 8.98. The fraction of sp³-hybridized carbons (Fsp3) is 0.591. The van der Waals surface area contributed by atoms with Crippen molar-refractivity contribution in [3.63, 3.8) is 0 Å². The quantitative estimate of drug-likeness (QED) is 0.160. The fourth-order valence-corrected chi connectivity index (χ4v) is 16.3. The van der Waals surface area contributed by atoms with Gasteiger partial charge in [-0.2, -0.15) is 0 Å². The van der Waals surface area contributed by atoms with Gasteiger partial charge in [0.2, 0.25) is 0 Å². The molecule has 0 spiro atoms. The van der Waals surface area contributed by atoms with Crippen molar-refractivity contribution in [2.24, 2.45) is 0 Å². The Hall–Kier alpha value is -1.15. The molecule has 0 saturated heterocycles. The summed E-state index contributed by atoms with van der Waals surface area (Å²) in [6.07, 6.45) is 6.89. The predicted molar refractivity (Wildman–Crippen MR) is 111 cm³/mol. The summed E-state index contributed by atoms with van der Waals surface area (Å²) in [5, 5.41) is 0. The van der Waals surface area contributed by atoms with Crippen molar-refractivity contribution < 1.29 is 14.3 Å². The fourth-order valence-electron chi connectivity index (χ4n) is 3.04. The summed E-state index contributed by atoms with van der Waals surface area (Å²) in [4.78, 5) is 11.8. The van der Waals surface area contributed by atoms with Crippen LogP contribution >= 0.6 is 0 Å². The maximum absolute atomic E-state index is 11.8. The van der Waals surface area contributed by atoms with Gasteiger partial charge < -0.3 is 0 Å². The maximum atomic E-state index is 11.8. The van der Waals surface area contributed by atoms with Gasteiger partial charge in [0.15, 0.2) is 0 Å². The van der Waals surface area contributed by atoms with Crippen LogP contribution in [0.4, 0.5) is 4.79 Å². The van der Waals surface area contributed by atoms with Gasteiger partial charge in [-0.25, -0.2) is 0 Å². The molecule has 0 aliphatic carbocycles. The molecule has 0 aromatic heterocycles. The van der Waals surface area contributed by atoms with Crippen molar-refractivity contribution in [1.82, 2.24) is 0 Å². The Bertz CT molecular complexity index is 538. The predicted octanol–water partition coefficient (Wildman–Crippen LogP) is 6.59. The molecule has 0 atom stereocenters. The van der Waals surface area contributed by atoms with E-state index in [2.05, 4.69) is 30.6 Å². The summed E-state index contributed by atoms with van der Waals surface area (Å²) in [7, 11) is 0. The van der Waals surface area contributed by atoms with E-state index >= 15 is 0 Å². The van der Waals surface area contributed by atoms with Crippen molar-refractivity contribution >= 4 is 24.5 Å². The van der Waals surface area contributed by atoms with E-state index < -0.39 is 24.5 Å². The first kappa shape index (κ1) is 22.9. The van der Waals surface area contributed by atoms with Crippen LogP contribution in [0.1, 0.15) is 59.3 Å². The van der Waals surface area contributed by atoms with E-state index in [4.69, 9.17) is 9.47 Å². The number of para-hydroxylation sites is 1. The number of hydrogen-bond donors (Lipinski definition) is 0. The third-order valence-corrected chi connectivity index (χ3v) is 17.8. The van der Waals surface area contributed by atoms with E-state index in [9.17, 15) is 4.79 Å². The molecule has 0 unspecified atom stereocenters. The first-order chi connectivity index (χ1) is 12.7. The SMILES string of the molecule is CCC[CH2][Sn]([C]#CCOC(=O)Oc1ccccc1)([CH2]CCC)[CH2]CCC. The molecule has 0 saturated carbocycles. The second-order valence-electron chi connectivity index (χ2n) is 6.85. The first-order valence-electron chi connectivity index (χ1n) is 10.1. The molecule has 144 valence electrons. The number of ether oxygens (including phenoxy) is 2. The summed E-state index contributed by atoms with van der Waals surface area (Å²) in [6.45, 7) is 6.90. The zero-order chi connectivity index (χ0) is 19.1. The summed E-state index contributed by atoms with van der Waals surface area (Å²) in [5.74, 6) is 3.68. The Labute approximate surface area is 163 Å². The zero-order valence-electron chi connectivity index (χ0n) is 16.7. The van der Waals surface area contributed by atoms with Crippen LogP contribution in [0.15, 0.2) is 30.3 Å². The second-order valence-corrected chi connectivity index (χ2v) is 19.1. The van der Waals surface area contributed by atoms with E-state index in [1.54, 1.807) is 12.1 Å². The number of hydrogen-bond acceptors (Lipinski definition) is 3. The average molecular weight is 465 g/mol. The van der Waals surface area contributed by atoms with Crippen molar-refractivity contribution in [3.8, 4) is 15.6 Å². The average Bonchev–Trinajstić information content (AvgIpc) is 2.67. The van der Waals surface area contributed by atoms with Gasteiger partial charge in [0.05, 0.1) is 0 Å². The Kier molecular flexibility index (Phi) is 12.3. The van der Waals surface area contributed by atoms with Crippen LogP contribution in [-0.4, -0.2) is 31.1 Å². The minimum absolute atomic E-state index is 0.134. The molecular formula is C22H34O3Sn. The molecule has 1 aromatic rings. The third kappa shape index (κ3) is 9.52. The van der Waals surface area contributed by atoms with Crippen molar-refractivity contribution in [2.75, 3.05) is 6.61 Å². The van der Waals surface area contributed by atoms with E-state index in [0.717, 1.165) is 0 Å². The second kappa shape index (κ2) is 14.0. The number of carbonyl (C=O) groups excluding carboxylic acids is 1. The Morgan fingerprint density at radius 1 is 0.923 bits per heavy atom. The van der Waals surface area contributed by atoms with Crippen LogP contribution in [0, 0.1) is 9.86 Å². The Morgan fingerprint density at radius 3 is 1.96 bits per heavy atom.